The van der Waals surface area contributed by atoms with Crippen LogP contribution in [0.25, 0.3) is 0 Å². The van der Waals surface area contributed by atoms with Gasteiger partial charge >= 0.3 is 0 Å². The minimum atomic E-state index is -0.175. The number of rotatable bonds is 4. The minimum Gasteiger partial charge on any atom is -0.508 e. The predicted molar refractivity (Wildman–Crippen MR) is 77.2 cm³/mol. The van der Waals surface area contributed by atoms with Crippen molar-refractivity contribution in [3.05, 3.63) is 59.9 Å². The maximum Gasteiger partial charge on any atom is 0.227 e. The molecule has 1 aromatic carbocycles. The Bertz CT molecular complexity index is 584. The summed E-state index contributed by atoms with van der Waals surface area (Å²) in [5.74, 6) is 0.218. The second-order valence-electron chi connectivity index (χ2n) is 4.77. The highest BCUT2D eigenvalue weighted by molar-refractivity contribution is 5.79. The molecule has 20 heavy (non-hydrogen) atoms. The number of amides is 1. The predicted octanol–water partition coefficient (Wildman–Crippen LogP) is 2.55. The van der Waals surface area contributed by atoms with Gasteiger partial charge < -0.3 is 10.0 Å². The van der Waals surface area contributed by atoms with Crippen LogP contribution in [0.1, 0.15) is 24.1 Å². The molecule has 0 spiro atoms. The summed E-state index contributed by atoms with van der Waals surface area (Å²) >= 11 is 0. The Morgan fingerprint density at radius 1 is 1.25 bits per heavy atom. The smallest absolute Gasteiger partial charge is 0.227 e. The average Bonchev–Trinajstić information content (AvgIpc) is 2.47. The van der Waals surface area contributed by atoms with Gasteiger partial charge in [0.1, 0.15) is 5.75 Å². The fraction of sp³-hybridized carbons (Fsp3) is 0.250. The number of hydrogen-bond acceptors (Lipinski definition) is 3. The van der Waals surface area contributed by atoms with Crippen LogP contribution in [0.4, 0.5) is 0 Å². The van der Waals surface area contributed by atoms with Gasteiger partial charge in [-0.1, -0.05) is 18.2 Å². The number of phenols is 1. The first-order chi connectivity index (χ1) is 9.59. The second-order valence-corrected chi connectivity index (χ2v) is 4.77. The van der Waals surface area contributed by atoms with Crippen LogP contribution in [0.2, 0.25) is 0 Å². The van der Waals surface area contributed by atoms with E-state index in [1.165, 1.54) is 0 Å². The van der Waals surface area contributed by atoms with Gasteiger partial charge in [-0.05, 0) is 30.7 Å². The third-order valence-electron chi connectivity index (χ3n) is 3.47. The van der Waals surface area contributed by atoms with Crippen molar-refractivity contribution in [3.8, 4) is 5.75 Å². The molecule has 1 heterocycles. The minimum absolute atomic E-state index is 0.00644. The summed E-state index contributed by atoms with van der Waals surface area (Å²) in [4.78, 5) is 17.8. The van der Waals surface area contributed by atoms with Crippen LogP contribution >= 0.6 is 0 Å². The summed E-state index contributed by atoms with van der Waals surface area (Å²) in [6, 6.07) is 10.6. The summed E-state index contributed by atoms with van der Waals surface area (Å²) in [5.41, 5.74) is 1.68. The van der Waals surface area contributed by atoms with Gasteiger partial charge in [-0.2, -0.15) is 0 Å². The van der Waals surface area contributed by atoms with Gasteiger partial charge in [0.15, 0.2) is 0 Å². The van der Waals surface area contributed by atoms with Crippen molar-refractivity contribution < 1.29 is 9.90 Å². The molecule has 4 nitrogen and oxygen atoms in total. The van der Waals surface area contributed by atoms with Crippen LogP contribution in [0, 0.1) is 0 Å². The molecule has 4 heteroatoms. The van der Waals surface area contributed by atoms with E-state index in [0.29, 0.717) is 6.42 Å². The quantitative estimate of drug-likeness (QED) is 0.929. The number of carbonyl (C=O) groups is 1. The highest BCUT2D eigenvalue weighted by Gasteiger charge is 2.19. The molecule has 104 valence electrons. The molecule has 0 fully saturated rings. The van der Waals surface area contributed by atoms with Gasteiger partial charge in [0.25, 0.3) is 0 Å². The van der Waals surface area contributed by atoms with Crippen molar-refractivity contribution in [1.82, 2.24) is 9.88 Å². The fourth-order valence-corrected chi connectivity index (χ4v) is 2.07. The van der Waals surface area contributed by atoms with E-state index < -0.39 is 0 Å². The third-order valence-corrected chi connectivity index (χ3v) is 3.47. The zero-order valence-electron chi connectivity index (χ0n) is 11.7. The number of aromatic nitrogens is 1. The fourth-order valence-electron chi connectivity index (χ4n) is 2.07. The lowest BCUT2D eigenvalue weighted by atomic mass is 10.1. The molecule has 1 N–H and O–H groups in total. The molecule has 0 saturated heterocycles. The van der Waals surface area contributed by atoms with E-state index >= 15 is 0 Å². The number of phenolic OH excluding ortho intramolecular Hbond substituents is 1. The average molecular weight is 270 g/mol. The van der Waals surface area contributed by atoms with Crippen LogP contribution < -0.4 is 0 Å². The molecule has 2 aromatic rings. The number of pyridine rings is 1. The molecule has 1 atom stereocenters. The zero-order valence-corrected chi connectivity index (χ0v) is 11.7. The molecule has 1 unspecified atom stereocenters. The topological polar surface area (TPSA) is 53.4 Å². The van der Waals surface area contributed by atoms with Crippen LogP contribution in [-0.2, 0) is 11.2 Å². The monoisotopic (exact) mass is 270 g/mol. The SMILES string of the molecule is CC(c1ccccc1O)N(C)C(=O)Cc1ccncc1. The van der Waals surface area contributed by atoms with Crippen molar-refractivity contribution in [2.75, 3.05) is 7.05 Å². The molecule has 0 aliphatic rings. The molecular weight excluding hydrogens is 252 g/mol. The molecule has 0 aliphatic carbocycles. The lowest BCUT2D eigenvalue weighted by molar-refractivity contribution is -0.131. The van der Waals surface area contributed by atoms with Crippen molar-refractivity contribution >= 4 is 5.91 Å². The van der Waals surface area contributed by atoms with E-state index in [0.717, 1.165) is 11.1 Å². The van der Waals surface area contributed by atoms with E-state index in [9.17, 15) is 9.90 Å². The van der Waals surface area contributed by atoms with Crippen molar-refractivity contribution in [2.24, 2.45) is 0 Å². The van der Waals surface area contributed by atoms with Crippen molar-refractivity contribution in [1.29, 1.82) is 0 Å². The van der Waals surface area contributed by atoms with E-state index in [1.807, 2.05) is 31.2 Å². The summed E-state index contributed by atoms with van der Waals surface area (Å²) in [6.07, 6.45) is 3.68. The highest BCUT2D eigenvalue weighted by atomic mass is 16.3. The number of carbonyl (C=O) groups excluding carboxylic acids is 1. The Hall–Kier alpha value is -2.36. The van der Waals surface area contributed by atoms with Crippen molar-refractivity contribution in [2.45, 2.75) is 19.4 Å². The lowest BCUT2D eigenvalue weighted by Crippen LogP contribution is -2.31. The highest BCUT2D eigenvalue weighted by Crippen LogP contribution is 2.27. The van der Waals surface area contributed by atoms with Gasteiger partial charge in [0, 0.05) is 25.0 Å². The van der Waals surface area contributed by atoms with Gasteiger partial charge in [-0.15, -0.1) is 0 Å². The molecule has 0 bridgehead atoms. The number of para-hydroxylation sites is 1. The van der Waals surface area contributed by atoms with Crippen LogP contribution in [0.3, 0.4) is 0 Å². The van der Waals surface area contributed by atoms with Crippen LogP contribution in [-0.4, -0.2) is 27.9 Å². The molecule has 0 saturated carbocycles. The molecular formula is C16H18N2O2. The van der Waals surface area contributed by atoms with E-state index in [1.54, 1.807) is 36.5 Å². The Morgan fingerprint density at radius 2 is 1.90 bits per heavy atom. The number of benzene rings is 1. The van der Waals surface area contributed by atoms with Gasteiger partial charge in [0.05, 0.1) is 12.5 Å². The Balaban J connectivity index is 2.09. The molecule has 1 amide bonds. The van der Waals surface area contributed by atoms with E-state index in [-0.39, 0.29) is 17.7 Å². The number of hydrogen-bond donors (Lipinski definition) is 1. The summed E-state index contributed by atoms with van der Waals surface area (Å²) < 4.78 is 0. The summed E-state index contributed by atoms with van der Waals surface area (Å²) in [7, 11) is 1.75. The molecule has 0 radical (unpaired) electrons. The van der Waals surface area contributed by atoms with E-state index in [4.69, 9.17) is 0 Å². The molecule has 0 aliphatic heterocycles. The number of nitrogens with zero attached hydrogens (tertiary/aromatic N) is 2. The second kappa shape index (κ2) is 6.19. The third kappa shape index (κ3) is 3.15. The standard InChI is InChI=1S/C16H18N2O2/c1-12(14-5-3-4-6-15(14)19)18(2)16(20)11-13-7-9-17-10-8-13/h3-10,12,19H,11H2,1-2H3. The number of aromatic hydroxyl groups is 1. The van der Waals surface area contributed by atoms with Gasteiger partial charge in [-0.3, -0.25) is 9.78 Å². The maximum atomic E-state index is 12.3. The maximum absolute atomic E-state index is 12.3. The Morgan fingerprint density at radius 3 is 2.55 bits per heavy atom. The number of likely N-dealkylation sites (N-methyl/N-ethyl adjacent to an activating group) is 1. The zero-order chi connectivity index (χ0) is 14.5. The Labute approximate surface area is 118 Å². The first-order valence-corrected chi connectivity index (χ1v) is 6.52. The van der Waals surface area contributed by atoms with Crippen LogP contribution in [0.5, 0.6) is 5.75 Å². The first kappa shape index (κ1) is 14.1. The summed E-state index contributed by atoms with van der Waals surface area (Å²) in [6.45, 7) is 1.90. The van der Waals surface area contributed by atoms with Crippen LogP contribution in [0.15, 0.2) is 48.8 Å². The lowest BCUT2D eigenvalue weighted by Gasteiger charge is -2.26. The van der Waals surface area contributed by atoms with Gasteiger partial charge in [0.2, 0.25) is 5.91 Å². The van der Waals surface area contributed by atoms with E-state index in [2.05, 4.69) is 4.98 Å². The molecule has 1 aromatic heterocycles. The summed E-state index contributed by atoms with van der Waals surface area (Å²) in [5, 5.41) is 9.86. The largest absolute Gasteiger partial charge is 0.508 e. The van der Waals surface area contributed by atoms with Gasteiger partial charge in [-0.25, -0.2) is 0 Å². The first-order valence-electron chi connectivity index (χ1n) is 6.52. The Kier molecular flexibility index (Phi) is 4.35. The normalized spacial score (nSPS) is 11.9. The van der Waals surface area contributed by atoms with Crippen molar-refractivity contribution in [3.63, 3.8) is 0 Å². The molecule has 2 rings (SSSR count).